The van der Waals surface area contributed by atoms with Gasteiger partial charge < -0.3 is 30.2 Å². The number of urea groups is 1. The molecule has 2 aromatic carbocycles. The molecule has 2 heterocycles. The van der Waals surface area contributed by atoms with E-state index < -0.39 is 6.03 Å². The van der Waals surface area contributed by atoms with Crippen molar-refractivity contribution in [1.82, 2.24) is 15.2 Å². The average molecular weight is 520 g/mol. The number of carbonyl (C=O) groups excluding carboxylic acids is 2. The van der Waals surface area contributed by atoms with Crippen LogP contribution in [0.2, 0.25) is 0 Å². The van der Waals surface area contributed by atoms with Crippen LogP contribution in [-0.4, -0.2) is 61.7 Å². The molecule has 1 aliphatic rings. The van der Waals surface area contributed by atoms with E-state index in [1.165, 1.54) is 19.0 Å². The second kappa shape index (κ2) is 13.3. The molecule has 0 unspecified atom stereocenters. The predicted octanol–water partition coefficient (Wildman–Crippen LogP) is 4.75. The molecule has 1 aromatic heterocycles. The molecule has 1 aliphatic heterocycles. The minimum absolute atomic E-state index is 0.259. The van der Waals surface area contributed by atoms with Gasteiger partial charge in [-0.2, -0.15) is 0 Å². The van der Waals surface area contributed by atoms with Crippen molar-refractivity contribution < 1.29 is 23.8 Å². The molecule has 10 heteroatoms. The Kier molecular flexibility index (Phi) is 9.36. The first kappa shape index (κ1) is 26.7. The minimum Gasteiger partial charge on any atom is -0.490 e. The van der Waals surface area contributed by atoms with Crippen LogP contribution in [-0.2, 0) is 0 Å². The van der Waals surface area contributed by atoms with Crippen molar-refractivity contribution in [1.29, 1.82) is 0 Å². The lowest BCUT2D eigenvalue weighted by Crippen LogP contribution is -2.25. The van der Waals surface area contributed by atoms with Gasteiger partial charge in [0.2, 0.25) is 0 Å². The van der Waals surface area contributed by atoms with Crippen LogP contribution in [0.25, 0.3) is 0 Å². The van der Waals surface area contributed by atoms with E-state index in [1.807, 2.05) is 6.92 Å². The molecule has 1 saturated heterocycles. The smallest absolute Gasteiger partial charge is 0.323 e. The summed E-state index contributed by atoms with van der Waals surface area (Å²) in [6, 6.07) is 15.1. The highest BCUT2D eigenvalue weighted by molar-refractivity contribution is 6.00. The quantitative estimate of drug-likeness (QED) is 0.335. The maximum absolute atomic E-state index is 12.6. The van der Waals surface area contributed by atoms with Gasteiger partial charge in [-0.15, -0.1) is 0 Å². The van der Waals surface area contributed by atoms with E-state index in [2.05, 4.69) is 25.8 Å². The van der Waals surface area contributed by atoms with E-state index in [-0.39, 0.29) is 11.6 Å². The molecule has 0 spiro atoms. The molecule has 0 saturated carbocycles. The van der Waals surface area contributed by atoms with Crippen molar-refractivity contribution in [2.24, 2.45) is 0 Å². The summed E-state index contributed by atoms with van der Waals surface area (Å²) in [5.41, 5.74) is 1.43. The standard InChI is InChI=1S/C28H33N5O5/c1-3-36-25-11-8-21(18-26(25)37-17-16-33-14-4-5-15-33)32-28(35)31-20-6-9-22(10-7-20)38-23-12-13-30-24(19-23)27(34)29-2/h6-13,18-19H,3-5,14-17H2,1-2H3,(H,29,34)(H2,31,32,35). The van der Waals surface area contributed by atoms with E-state index in [0.29, 0.717) is 47.6 Å². The molecule has 1 fully saturated rings. The maximum Gasteiger partial charge on any atom is 0.323 e. The summed E-state index contributed by atoms with van der Waals surface area (Å²) in [4.78, 5) is 30.8. The fourth-order valence-electron chi connectivity index (χ4n) is 4.03. The number of anilines is 2. The van der Waals surface area contributed by atoms with Gasteiger partial charge in [0, 0.05) is 43.3 Å². The molecule has 10 nitrogen and oxygen atoms in total. The summed E-state index contributed by atoms with van der Waals surface area (Å²) in [7, 11) is 1.54. The van der Waals surface area contributed by atoms with Crippen LogP contribution in [0.1, 0.15) is 30.3 Å². The maximum atomic E-state index is 12.6. The number of ether oxygens (including phenoxy) is 3. The van der Waals surface area contributed by atoms with Crippen molar-refractivity contribution in [3.8, 4) is 23.0 Å². The number of nitrogens with one attached hydrogen (secondary N) is 3. The Labute approximate surface area is 222 Å². The zero-order valence-electron chi connectivity index (χ0n) is 21.7. The predicted molar refractivity (Wildman–Crippen MR) is 146 cm³/mol. The van der Waals surface area contributed by atoms with Gasteiger partial charge in [0.15, 0.2) is 11.5 Å². The lowest BCUT2D eigenvalue weighted by atomic mass is 10.2. The van der Waals surface area contributed by atoms with Crippen molar-refractivity contribution >= 4 is 23.3 Å². The van der Waals surface area contributed by atoms with Gasteiger partial charge >= 0.3 is 6.03 Å². The molecule has 200 valence electrons. The first-order valence-electron chi connectivity index (χ1n) is 12.7. The number of amides is 3. The zero-order valence-corrected chi connectivity index (χ0v) is 21.7. The van der Waals surface area contributed by atoms with Gasteiger partial charge in [0.25, 0.3) is 5.91 Å². The van der Waals surface area contributed by atoms with Crippen LogP contribution in [0, 0.1) is 0 Å². The molecule has 0 bridgehead atoms. The van der Waals surface area contributed by atoms with Gasteiger partial charge in [0.05, 0.1) is 6.61 Å². The van der Waals surface area contributed by atoms with Crippen molar-refractivity contribution in [2.75, 3.05) is 50.5 Å². The molecule has 3 aromatic rings. The van der Waals surface area contributed by atoms with E-state index in [0.717, 1.165) is 19.6 Å². The molecular formula is C28H33N5O5. The third-order valence-electron chi connectivity index (χ3n) is 5.90. The first-order chi connectivity index (χ1) is 18.5. The van der Waals surface area contributed by atoms with Gasteiger partial charge in [-0.05, 0) is 75.3 Å². The second-order valence-electron chi connectivity index (χ2n) is 8.65. The Morgan fingerprint density at radius 1 is 0.895 bits per heavy atom. The molecule has 3 N–H and O–H groups in total. The fraction of sp³-hybridized carbons (Fsp3) is 0.321. The highest BCUT2D eigenvalue weighted by Crippen LogP contribution is 2.31. The largest absolute Gasteiger partial charge is 0.490 e. The highest BCUT2D eigenvalue weighted by atomic mass is 16.5. The van der Waals surface area contributed by atoms with Crippen molar-refractivity contribution in [3.63, 3.8) is 0 Å². The Hall–Kier alpha value is -4.31. The third-order valence-corrected chi connectivity index (χ3v) is 5.90. The van der Waals surface area contributed by atoms with Crippen LogP contribution < -0.4 is 30.2 Å². The SMILES string of the molecule is CCOc1ccc(NC(=O)Nc2ccc(Oc3ccnc(C(=O)NC)c3)cc2)cc1OCCN1CCCC1. The molecule has 0 aliphatic carbocycles. The summed E-state index contributed by atoms with van der Waals surface area (Å²) in [6.45, 7) is 6.07. The number of nitrogens with zero attached hydrogens (tertiary/aromatic N) is 2. The first-order valence-corrected chi connectivity index (χ1v) is 12.7. The molecular weight excluding hydrogens is 486 g/mol. The van der Waals surface area contributed by atoms with Crippen LogP contribution in [0.15, 0.2) is 60.8 Å². The highest BCUT2D eigenvalue weighted by Gasteiger charge is 2.13. The Morgan fingerprint density at radius 3 is 2.37 bits per heavy atom. The van der Waals surface area contributed by atoms with E-state index in [1.54, 1.807) is 61.6 Å². The van der Waals surface area contributed by atoms with Crippen LogP contribution in [0.4, 0.5) is 16.2 Å². The van der Waals surface area contributed by atoms with Crippen LogP contribution in [0.5, 0.6) is 23.0 Å². The van der Waals surface area contributed by atoms with Gasteiger partial charge in [-0.3, -0.25) is 14.7 Å². The summed E-state index contributed by atoms with van der Waals surface area (Å²) in [5.74, 6) is 1.97. The number of aromatic nitrogens is 1. The van der Waals surface area contributed by atoms with Gasteiger partial charge in [-0.1, -0.05) is 0 Å². The lowest BCUT2D eigenvalue weighted by Gasteiger charge is -2.17. The lowest BCUT2D eigenvalue weighted by molar-refractivity contribution is 0.0957. The van der Waals surface area contributed by atoms with E-state index in [9.17, 15) is 9.59 Å². The van der Waals surface area contributed by atoms with E-state index >= 15 is 0 Å². The number of rotatable bonds is 11. The van der Waals surface area contributed by atoms with Gasteiger partial charge in [0.1, 0.15) is 23.8 Å². The number of benzene rings is 2. The van der Waals surface area contributed by atoms with Crippen LogP contribution >= 0.6 is 0 Å². The number of hydrogen-bond donors (Lipinski definition) is 3. The molecule has 0 atom stereocenters. The Morgan fingerprint density at radius 2 is 1.63 bits per heavy atom. The molecule has 4 rings (SSSR count). The molecule has 0 radical (unpaired) electrons. The summed E-state index contributed by atoms with van der Waals surface area (Å²) in [6.07, 6.45) is 3.98. The second-order valence-corrected chi connectivity index (χ2v) is 8.65. The summed E-state index contributed by atoms with van der Waals surface area (Å²) < 4.78 is 17.5. The summed E-state index contributed by atoms with van der Waals surface area (Å²) in [5, 5.41) is 8.17. The average Bonchev–Trinajstić information content (AvgIpc) is 3.44. The van der Waals surface area contributed by atoms with Gasteiger partial charge in [-0.25, -0.2) is 4.79 Å². The van der Waals surface area contributed by atoms with Crippen LogP contribution in [0.3, 0.4) is 0 Å². The van der Waals surface area contributed by atoms with Crippen molar-refractivity contribution in [2.45, 2.75) is 19.8 Å². The number of hydrogen-bond acceptors (Lipinski definition) is 7. The topological polar surface area (TPSA) is 114 Å². The van der Waals surface area contributed by atoms with Crippen molar-refractivity contribution in [3.05, 3.63) is 66.5 Å². The fourth-order valence-corrected chi connectivity index (χ4v) is 4.03. The normalized spacial score (nSPS) is 13.0. The monoisotopic (exact) mass is 519 g/mol. The third kappa shape index (κ3) is 7.59. The molecule has 3 amide bonds. The summed E-state index contributed by atoms with van der Waals surface area (Å²) >= 11 is 0. The zero-order chi connectivity index (χ0) is 26.7. The number of pyridine rings is 1. The number of likely N-dealkylation sites (tertiary alicyclic amines) is 1. The van der Waals surface area contributed by atoms with E-state index in [4.69, 9.17) is 14.2 Å². The Balaban J connectivity index is 1.32. The Bertz CT molecular complexity index is 1230. The minimum atomic E-state index is -0.393. The number of carbonyl (C=O) groups is 2. The molecule has 38 heavy (non-hydrogen) atoms.